The second kappa shape index (κ2) is 4.65. The first-order valence-electron chi connectivity index (χ1n) is 6.16. The molecule has 2 heterocycles. The van der Waals surface area contributed by atoms with Crippen molar-refractivity contribution in [3.8, 4) is 11.4 Å². The first-order chi connectivity index (χ1) is 9.26. The zero-order valence-electron chi connectivity index (χ0n) is 10.9. The van der Waals surface area contributed by atoms with Crippen LogP contribution in [0.5, 0.6) is 0 Å². The average Bonchev–Trinajstić information content (AvgIpc) is 2.46. The molecule has 0 aliphatic rings. The van der Waals surface area contributed by atoms with Gasteiger partial charge in [-0.3, -0.25) is 0 Å². The molecule has 4 nitrogen and oxygen atoms in total. The van der Waals surface area contributed by atoms with Crippen LogP contribution < -0.4 is 5.32 Å². The van der Waals surface area contributed by atoms with Crippen LogP contribution in [0.4, 0.5) is 5.82 Å². The van der Waals surface area contributed by atoms with Crippen LogP contribution in [-0.2, 0) is 0 Å². The van der Waals surface area contributed by atoms with Crippen molar-refractivity contribution in [2.45, 2.75) is 6.92 Å². The molecular weight excluding hydrogens is 236 g/mol. The van der Waals surface area contributed by atoms with Gasteiger partial charge in [-0.05, 0) is 19.1 Å². The molecule has 0 atom stereocenters. The van der Waals surface area contributed by atoms with E-state index in [9.17, 15) is 0 Å². The number of aryl methyl sites for hydroxylation is 1. The number of hydrogen-bond acceptors (Lipinski definition) is 4. The van der Waals surface area contributed by atoms with E-state index in [1.807, 2.05) is 44.3 Å². The Morgan fingerprint density at radius 3 is 2.58 bits per heavy atom. The number of hydrogen-bond donors (Lipinski definition) is 1. The molecule has 19 heavy (non-hydrogen) atoms. The molecule has 3 aromatic rings. The topological polar surface area (TPSA) is 50.7 Å². The van der Waals surface area contributed by atoms with Crippen LogP contribution in [0.15, 0.2) is 42.5 Å². The van der Waals surface area contributed by atoms with Gasteiger partial charge in [0.15, 0.2) is 0 Å². The molecule has 0 fully saturated rings. The van der Waals surface area contributed by atoms with Crippen LogP contribution in [0, 0.1) is 6.92 Å². The maximum Gasteiger partial charge on any atom is 0.130 e. The quantitative estimate of drug-likeness (QED) is 0.759. The molecule has 4 heteroatoms. The number of pyridine rings is 1. The molecule has 0 aliphatic heterocycles. The fraction of sp³-hybridized carbons (Fsp3) is 0.133. The van der Waals surface area contributed by atoms with E-state index >= 15 is 0 Å². The maximum absolute atomic E-state index is 4.64. The number of aromatic nitrogens is 3. The van der Waals surface area contributed by atoms with E-state index in [1.54, 1.807) is 0 Å². The second-order valence-electron chi connectivity index (χ2n) is 4.32. The van der Waals surface area contributed by atoms with E-state index in [4.69, 9.17) is 0 Å². The van der Waals surface area contributed by atoms with Gasteiger partial charge in [0.05, 0.1) is 16.9 Å². The standard InChI is InChI=1S/C15H14N4/c1-10-17-14(9-15(16-2)18-10)13-8-7-11-5-3-4-6-12(11)19-13/h3-9H,1-2H3,(H,16,17,18). The third kappa shape index (κ3) is 2.25. The van der Waals surface area contributed by atoms with Crippen molar-refractivity contribution in [2.75, 3.05) is 12.4 Å². The van der Waals surface area contributed by atoms with Crippen LogP contribution in [0.3, 0.4) is 0 Å². The van der Waals surface area contributed by atoms with Crippen molar-refractivity contribution in [2.24, 2.45) is 0 Å². The zero-order valence-corrected chi connectivity index (χ0v) is 10.9. The molecule has 0 bridgehead atoms. The van der Waals surface area contributed by atoms with Gasteiger partial charge in [0.1, 0.15) is 11.6 Å². The number of nitrogens with zero attached hydrogens (tertiary/aromatic N) is 3. The van der Waals surface area contributed by atoms with Crippen LogP contribution >= 0.6 is 0 Å². The predicted octanol–water partition coefficient (Wildman–Crippen LogP) is 3.04. The molecule has 94 valence electrons. The predicted molar refractivity (Wildman–Crippen MR) is 77.1 cm³/mol. The summed E-state index contributed by atoms with van der Waals surface area (Å²) in [7, 11) is 1.85. The molecule has 0 radical (unpaired) electrons. The van der Waals surface area contributed by atoms with Gasteiger partial charge in [0, 0.05) is 18.5 Å². The molecule has 0 amide bonds. The van der Waals surface area contributed by atoms with Crippen molar-refractivity contribution in [1.29, 1.82) is 0 Å². The number of rotatable bonds is 2. The summed E-state index contributed by atoms with van der Waals surface area (Å²) in [5, 5.41) is 4.17. The number of fused-ring (bicyclic) bond motifs is 1. The number of nitrogens with one attached hydrogen (secondary N) is 1. The zero-order chi connectivity index (χ0) is 13.2. The summed E-state index contributed by atoms with van der Waals surface area (Å²) >= 11 is 0. The average molecular weight is 250 g/mol. The molecule has 0 aliphatic carbocycles. The van der Waals surface area contributed by atoms with Gasteiger partial charge >= 0.3 is 0 Å². The highest BCUT2D eigenvalue weighted by atomic mass is 15.0. The molecule has 2 aromatic heterocycles. The highest BCUT2D eigenvalue weighted by molar-refractivity contribution is 5.81. The van der Waals surface area contributed by atoms with Crippen LogP contribution in [-0.4, -0.2) is 22.0 Å². The van der Waals surface area contributed by atoms with Crippen molar-refractivity contribution >= 4 is 16.7 Å². The molecule has 3 rings (SSSR count). The number of anilines is 1. The summed E-state index contributed by atoms with van der Waals surface area (Å²) in [6.45, 7) is 1.88. The lowest BCUT2D eigenvalue weighted by molar-refractivity contribution is 1.05. The molecule has 0 saturated heterocycles. The Morgan fingerprint density at radius 2 is 1.74 bits per heavy atom. The second-order valence-corrected chi connectivity index (χ2v) is 4.32. The van der Waals surface area contributed by atoms with Gasteiger partial charge < -0.3 is 5.32 Å². The normalized spacial score (nSPS) is 10.6. The summed E-state index contributed by atoms with van der Waals surface area (Å²) in [5.41, 5.74) is 2.67. The van der Waals surface area contributed by atoms with E-state index in [2.05, 4.69) is 32.4 Å². The van der Waals surface area contributed by atoms with E-state index in [1.165, 1.54) is 0 Å². The SMILES string of the molecule is CNc1cc(-c2ccc3ccccc3n2)nc(C)n1. The Kier molecular flexibility index (Phi) is 2.83. The smallest absolute Gasteiger partial charge is 0.130 e. The van der Waals surface area contributed by atoms with Crippen molar-refractivity contribution in [3.63, 3.8) is 0 Å². The van der Waals surface area contributed by atoms with Crippen LogP contribution in [0.25, 0.3) is 22.3 Å². The third-order valence-corrected chi connectivity index (χ3v) is 2.95. The Bertz CT molecular complexity index is 737. The van der Waals surface area contributed by atoms with E-state index in [-0.39, 0.29) is 0 Å². The van der Waals surface area contributed by atoms with Gasteiger partial charge in [-0.2, -0.15) is 0 Å². The summed E-state index contributed by atoms with van der Waals surface area (Å²) in [6, 6.07) is 14.0. The highest BCUT2D eigenvalue weighted by Gasteiger charge is 2.05. The van der Waals surface area contributed by atoms with E-state index in [0.29, 0.717) is 0 Å². The Morgan fingerprint density at radius 1 is 0.895 bits per heavy atom. The molecule has 1 N–H and O–H groups in total. The number of benzene rings is 1. The molecule has 0 unspecified atom stereocenters. The van der Waals surface area contributed by atoms with E-state index in [0.717, 1.165) is 33.9 Å². The summed E-state index contributed by atoms with van der Waals surface area (Å²) in [5.74, 6) is 1.54. The van der Waals surface area contributed by atoms with Gasteiger partial charge in [-0.15, -0.1) is 0 Å². The van der Waals surface area contributed by atoms with Crippen molar-refractivity contribution in [3.05, 3.63) is 48.3 Å². The van der Waals surface area contributed by atoms with Gasteiger partial charge in [-0.25, -0.2) is 15.0 Å². The third-order valence-electron chi connectivity index (χ3n) is 2.95. The molecule has 1 aromatic carbocycles. The summed E-state index contributed by atoms with van der Waals surface area (Å²) < 4.78 is 0. The van der Waals surface area contributed by atoms with Crippen molar-refractivity contribution < 1.29 is 0 Å². The van der Waals surface area contributed by atoms with Crippen LogP contribution in [0.1, 0.15) is 5.82 Å². The molecule has 0 spiro atoms. The fourth-order valence-electron chi connectivity index (χ4n) is 2.04. The summed E-state index contributed by atoms with van der Waals surface area (Å²) in [6.07, 6.45) is 0. The number of para-hydroxylation sites is 1. The highest BCUT2D eigenvalue weighted by Crippen LogP contribution is 2.21. The van der Waals surface area contributed by atoms with Gasteiger partial charge in [0.2, 0.25) is 0 Å². The molecular formula is C15H14N4. The lowest BCUT2D eigenvalue weighted by atomic mass is 10.2. The van der Waals surface area contributed by atoms with E-state index < -0.39 is 0 Å². The monoisotopic (exact) mass is 250 g/mol. The lowest BCUT2D eigenvalue weighted by Crippen LogP contribution is -1.99. The minimum Gasteiger partial charge on any atom is -0.373 e. The summed E-state index contributed by atoms with van der Waals surface area (Å²) in [4.78, 5) is 13.4. The largest absolute Gasteiger partial charge is 0.373 e. The maximum atomic E-state index is 4.64. The minimum atomic E-state index is 0.733. The first kappa shape index (κ1) is 11.6. The van der Waals surface area contributed by atoms with Crippen LogP contribution in [0.2, 0.25) is 0 Å². The van der Waals surface area contributed by atoms with Gasteiger partial charge in [-0.1, -0.05) is 24.3 Å². The Labute approximate surface area is 111 Å². The van der Waals surface area contributed by atoms with Gasteiger partial charge in [0.25, 0.3) is 0 Å². The Hall–Kier alpha value is -2.49. The fourth-order valence-corrected chi connectivity index (χ4v) is 2.04. The minimum absolute atomic E-state index is 0.733. The molecule has 0 saturated carbocycles. The van der Waals surface area contributed by atoms with Crippen molar-refractivity contribution in [1.82, 2.24) is 15.0 Å². The Balaban J connectivity index is 2.15. The lowest BCUT2D eigenvalue weighted by Gasteiger charge is -2.06. The first-order valence-corrected chi connectivity index (χ1v) is 6.16.